The van der Waals surface area contributed by atoms with E-state index in [2.05, 4.69) is 10.6 Å². The molecule has 0 aliphatic heterocycles. The number of hydrogen-bond donors (Lipinski definition) is 3. The topological polar surface area (TPSA) is 78.4 Å². The van der Waals surface area contributed by atoms with Gasteiger partial charge in [-0.2, -0.15) is 0 Å². The molecule has 0 unspecified atom stereocenters. The highest BCUT2D eigenvalue weighted by Gasteiger charge is 2.09. The van der Waals surface area contributed by atoms with E-state index in [0.717, 1.165) is 0 Å². The molecule has 0 heterocycles. The molecule has 0 saturated heterocycles. The minimum absolute atomic E-state index is 0.143. The van der Waals surface area contributed by atoms with Crippen molar-refractivity contribution in [3.8, 4) is 0 Å². The molecule has 0 radical (unpaired) electrons. The maximum Gasteiger partial charge on any atom is 0.251 e. The number of carbonyl (C=O) groups excluding carboxylic acids is 2. The Balaban J connectivity index is 2.44. The van der Waals surface area contributed by atoms with Gasteiger partial charge >= 0.3 is 0 Å². The summed E-state index contributed by atoms with van der Waals surface area (Å²) in [6, 6.07) is 6.11. The highest BCUT2D eigenvalue weighted by atomic mass is 35.5. The Labute approximate surface area is 110 Å². The van der Waals surface area contributed by atoms with Crippen LogP contribution in [-0.2, 0) is 4.79 Å². The predicted octanol–water partition coefficient (Wildman–Crippen LogP) is 0.567. The number of aliphatic hydroxyl groups is 1. The van der Waals surface area contributed by atoms with Crippen LogP contribution in [0.1, 0.15) is 17.3 Å². The SMILES string of the molecule is C[C@H](CO)NC(=O)CNC(=O)c1cccc(Cl)c1. The number of nitrogens with one attached hydrogen (secondary N) is 2. The van der Waals surface area contributed by atoms with Crippen molar-refractivity contribution in [2.45, 2.75) is 13.0 Å². The maximum absolute atomic E-state index is 11.7. The van der Waals surface area contributed by atoms with Crippen molar-refractivity contribution in [1.29, 1.82) is 0 Å². The molecule has 3 N–H and O–H groups in total. The third-order valence-corrected chi connectivity index (χ3v) is 2.41. The molecule has 0 aliphatic rings. The van der Waals surface area contributed by atoms with E-state index < -0.39 is 0 Å². The fraction of sp³-hybridized carbons (Fsp3) is 0.333. The van der Waals surface area contributed by atoms with Crippen molar-refractivity contribution in [2.24, 2.45) is 0 Å². The highest BCUT2D eigenvalue weighted by Crippen LogP contribution is 2.10. The monoisotopic (exact) mass is 270 g/mol. The predicted molar refractivity (Wildman–Crippen MR) is 68.5 cm³/mol. The third-order valence-electron chi connectivity index (χ3n) is 2.18. The van der Waals surface area contributed by atoms with E-state index in [1.54, 1.807) is 25.1 Å². The van der Waals surface area contributed by atoms with Gasteiger partial charge in [0.15, 0.2) is 0 Å². The summed E-state index contributed by atoms with van der Waals surface area (Å²) < 4.78 is 0. The average Bonchev–Trinajstić information content (AvgIpc) is 2.35. The molecule has 0 aromatic heterocycles. The van der Waals surface area contributed by atoms with E-state index in [9.17, 15) is 9.59 Å². The Hall–Kier alpha value is -1.59. The van der Waals surface area contributed by atoms with E-state index in [4.69, 9.17) is 16.7 Å². The molecule has 1 aromatic carbocycles. The van der Waals surface area contributed by atoms with Gasteiger partial charge in [0.1, 0.15) is 0 Å². The van der Waals surface area contributed by atoms with Gasteiger partial charge in [-0.3, -0.25) is 9.59 Å². The molecule has 0 aliphatic carbocycles. The van der Waals surface area contributed by atoms with Crippen molar-refractivity contribution < 1.29 is 14.7 Å². The zero-order valence-electron chi connectivity index (χ0n) is 9.94. The minimum Gasteiger partial charge on any atom is -0.394 e. The molecule has 98 valence electrons. The second-order valence-electron chi connectivity index (χ2n) is 3.84. The van der Waals surface area contributed by atoms with Crippen LogP contribution in [0.3, 0.4) is 0 Å². The van der Waals surface area contributed by atoms with Crippen molar-refractivity contribution in [3.05, 3.63) is 34.9 Å². The van der Waals surface area contributed by atoms with Crippen LogP contribution in [0.2, 0.25) is 5.02 Å². The largest absolute Gasteiger partial charge is 0.394 e. The zero-order valence-corrected chi connectivity index (χ0v) is 10.7. The van der Waals surface area contributed by atoms with Crippen LogP contribution >= 0.6 is 11.6 Å². The molecular weight excluding hydrogens is 256 g/mol. The van der Waals surface area contributed by atoms with Gasteiger partial charge in [0.2, 0.25) is 5.91 Å². The molecular formula is C12H15ClN2O3. The lowest BCUT2D eigenvalue weighted by Crippen LogP contribution is -2.42. The Bertz CT molecular complexity index is 437. The first kappa shape index (κ1) is 14.5. The van der Waals surface area contributed by atoms with Crippen molar-refractivity contribution in [3.63, 3.8) is 0 Å². The Morgan fingerprint density at radius 1 is 1.44 bits per heavy atom. The molecule has 0 fully saturated rings. The number of amides is 2. The Kier molecular flexibility index (Phi) is 5.61. The van der Waals surface area contributed by atoms with Crippen LogP contribution in [0, 0.1) is 0 Å². The normalized spacial score (nSPS) is 11.7. The fourth-order valence-corrected chi connectivity index (χ4v) is 1.45. The summed E-state index contributed by atoms with van der Waals surface area (Å²) in [5.41, 5.74) is 0.394. The van der Waals surface area contributed by atoms with E-state index >= 15 is 0 Å². The van der Waals surface area contributed by atoms with Gasteiger partial charge in [-0.25, -0.2) is 0 Å². The third kappa shape index (κ3) is 4.73. The van der Waals surface area contributed by atoms with Crippen molar-refractivity contribution >= 4 is 23.4 Å². The van der Waals surface area contributed by atoms with Crippen molar-refractivity contribution in [1.82, 2.24) is 10.6 Å². The molecule has 1 atom stereocenters. The number of aliphatic hydroxyl groups excluding tert-OH is 1. The number of halogens is 1. The van der Waals surface area contributed by atoms with Crippen LogP contribution in [0.5, 0.6) is 0 Å². The van der Waals surface area contributed by atoms with Crippen LogP contribution < -0.4 is 10.6 Å². The van der Waals surface area contributed by atoms with Gasteiger partial charge in [0.25, 0.3) is 5.91 Å². The van der Waals surface area contributed by atoms with E-state index in [-0.39, 0.29) is 31.0 Å². The quantitative estimate of drug-likeness (QED) is 0.732. The number of hydrogen-bond acceptors (Lipinski definition) is 3. The summed E-state index contributed by atoms with van der Waals surface area (Å²) in [7, 11) is 0. The summed E-state index contributed by atoms with van der Waals surface area (Å²) in [5.74, 6) is -0.726. The summed E-state index contributed by atoms with van der Waals surface area (Å²) in [5, 5.41) is 14.2. The summed E-state index contributed by atoms with van der Waals surface area (Å²) in [6.07, 6.45) is 0. The van der Waals surface area contributed by atoms with Crippen LogP contribution in [0.15, 0.2) is 24.3 Å². The molecule has 0 bridgehead atoms. The van der Waals surface area contributed by atoms with Crippen molar-refractivity contribution in [2.75, 3.05) is 13.2 Å². The fourth-order valence-electron chi connectivity index (χ4n) is 1.26. The average molecular weight is 271 g/mol. The van der Waals surface area contributed by atoms with Gasteiger partial charge in [-0.15, -0.1) is 0 Å². The summed E-state index contributed by atoms with van der Waals surface area (Å²) in [6.45, 7) is 1.38. The van der Waals surface area contributed by atoms with Crippen LogP contribution in [0.25, 0.3) is 0 Å². The van der Waals surface area contributed by atoms with E-state index in [1.807, 2.05) is 0 Å². The maximum atomic E-state index is 11.7. The molecule has 6 heteroatoms. The first-order chi connectivity index (χ1) is 8.52. The van der Waals surface area contributed by atoms with Gasteiger partial charge in [-0.1, -0.05) is 17.7 Å². The highest BCUT2D eigenvalue weighted by molar-refractivity contribution is 6.30. The first-order valence-corrected chi connectivity index (χ1v) is 5.84. The smallest absolute Gasteiger partial charge is 0.251 e. The molecule has 1 aromatic rings. The standard InChI is InChI=1S/C12H15ClN2O3/c1-8(7-16)15-11(17)6-14-12(18)9-3-2-4-10(13)5-9/h2-5,8,16H,6-7H2,1H3,(H,14,18)(H,15,17)/t8-/m1/s1. The van der Waals surface area contributed by atoms with E-state index in [1.165, 1.54) is 6.07 Å². The number of benzene rings is 1. The van der Waals surface area contributed by atoms with Crippen LogP contribution in [0.4, 0.5) is 0 Å². The molecule has 18 heavy (non-hydrogen) atoms. The van der Waals surface area contributed by atoms with E-state index in [0.29, 0.717) is 10.6 Å². The number of rotatable bonds is 5. The second-order valence-corrected chi connectivity index (χ2v) is 4.28. The van der Waals surface area contributed by atoms with Gasteiger partial charge in [0, 0.05) is 16.6 Å². The van der Waals surface area contributed by atoms with Gasteiger partial charge in [0.05, 0.1) is 13.2 Å². The second kappa shape index (κ2) is 6.98. The lowest BCUT2D eigenvalue weighted by Gasteiger charge is -2.11. The molecule has 5 nitrogen and oxygen atoms in total. The molecule has 2 amide bonds. The zero-order chi connectivity index (χ0) is 13.5. The van der Waals surface area contributed by atoms with Gasteiger partial charge in [-0.05, 0) is 25.1 Å². The lowest BCUT2D eigenvalue weighted by atomic mass is 10.2. The first-order valence-electron chi connectivity index (χ1n) is 5.47. The van der Waals surface area contributed by atoms with Crippen LogP contribution in [-0.4, -0.2) is 36.1 Å². The summed E-state index contributed by atoms with van der Waals surface area (Å²) in [4.78, 5) is 23.0. The molecule has 0 spiro atoms. The summed E-state index contributed by atoms with van der Waals surface area (Å²) >= 11 is 5.75. The molecule has 0 saturated carbocycles. The Morgan fingerprint density at radius 3 is 2.78 bits per heavy atom. The lowest BCUT2D eigenvalue weighted by molar-refractivity contribution is -0.121. The number of carbonyl (C=O) groups is 2. The van der Waals surface area contributed by atoms with Gasteiger partial charge < -0.3 is 15.7 Å². The minimum atomic E-state index is -0.371. The molecule has 1 rings (SSSR count). The Morgan fingerprint density at radius 2 is 2.17 bits per heavy atom.